The molecule has 5 nitrogen and oxygen atoms in total. The maximum Gasteiger partial charge on any atom is 0.137 e. The first-order valence-electron chi connectivity index (χ1n) is 7.18. The van der Waals surface area contributed by atoms with Gasteiger partial charge < -0.3 is 15.2 Å². The fourth-order valence-electron chi connectivity index (χ4n) is 2.44. The van der Waals surface area contributed by atoms with Crippen LogP contribution in [0.1, 0.15) is 13.8 Å². The molecule has 1 aliphatic rings. The van der Waals surface area contributed by atoms with Crippen molar-refractivity contribution in [1.82, 2.24) is 4.90 Å². The van der Waals surface area contributed by atoms with Crippen LogP contribution < -0.4 is 10.5 Å². The Labute approximate surface area is 128 Å². The Morgan fingerprint density at radius 3 is 2.95 bits per heavy atom. The highest BCUT2D eigenvalue weighted by atomic mass is 32.2. The molecule has 0 radical (unpaired) electrons. The number of methoxy groups -OCH3 is 1. The lowest BCUT2D eigenvalue weighted by molar-refractivity contribution is -0.0268. The monoisotopic (exact) mass is 312 g/mol. The van der Waals surface area contributed by atoms with Gasteiger partial charge in [0.15, 0.2) is 0 Å². The average Bonchev–Trinajstić information content (AvgIpc) is 2.47. The summed E-state index contributed by atoms with van der Waals surface area (Å²) in [4.78, 5) is 3.03. The van der Waals surface area contributed by atoms with Crippen molar-refractivity contribution in [2.24, 2.45) is 0 Å². The molecule has 0 bridgehead atoms. The summed E-state index contributed by atoms with van der Waals surface area (Å²) in [5.41, 5.74) is 6.33. The molecule has 118 valence electrons. The van der Waals surface area contributed by atoms with Crippen LogP contribution in [0.3, 0.4) is 0 Å². The molecule has 0 spiro atoms. The minimum atomic E-state index is -1.16. The van der Waals surface area contributed by atoms with Crippen molar-refractivity contribution in [2.75, 3.05) is 38.3 Å². The number of rotatable bonds is 5. The topological polar surface area (TPSA) is 64.8 Å². The predicted molar refractivity (Wildman–Crippen MR) is 85.1 cm³/mol. The van der Waals surface area contributed by atoms with Gasteiger partial charge in [0.05, 0.1) is 41.3 Å². The van der Waals surface area contributed by atoms with Crippen LogP contribution in [0.4, 0.5) is 5.69 Å². The van der Waals surface area contributed by atoms with E-state index in [0.29, 0.717) is 34.7 Å². The van der Waals surface area contributed by atoms with E-state index in [2.05, 4.69) is 18.7 Å². The Kier molecular flexibility index (Phi) is 5.61. The van der Waals surface area contributed by atoms with Crippen LogP contribution in [-0.4, -0.2) is 53.8 Å². The summed E-state index contributed by atoms with van der Waals surface area (Å²) >= 11 is 0. The molecule has 6 heteroatoms. The van der Waals surface area contributed by atoms with Crippen molar-refractivity contribution >= 4 is 16.5 Å². The fourth-order valence-corrected chi connectivity index (χ4v) is 3.75. The van der Waals surface area contributed by atoms with E-state index in [0.717, 1.165) is 13.1 Å². The minimum absolute atomic E-state index is 0.00996. The quantitative estimate of drug-likeness (QED) is 0.835. The van der Waals surface area contributed by atoms with Crippen LogP contribution in [0.2, 0.25) is 0 Å². The highest BCUT2D eigenvalue weighted by molar-refractivity contribution is 7.85. The molecule has 1 saturated heterocycles. The van der Waals surface area contributed by atoms with E-state index >= 15 is 0 Å². The van der Waals surface area contributed by atoms with Crippen molar-refractivity contribution < 1.29 is 13.7 Å². The lowest BCUT2D eigenvalue weighted by Gasteiger charge is -2.35. The second kappa shape index (κ2) is 7.24. The van der Waals surface area contributed by atoms with Crippen molar-refractivity contribution in [1.29, 1.82) is 0 Å². The third-order valence-electron chi connectivity index (χ3n) is 3.67. The zero-order valence-electron chi connectivity index (χ0n) is 12.9. The number of nitrogens with two attached hydrogens (primary N) is 1. The first-order valence-corrected chi connectivity index (χ1v) is 8.50. The minimum Gasteiger partial charge on any atom is -0.495 e. The van der Waals surface area contributed by atoms with E-state index in [9.17, 15) is 4.21 Å². The summed E-state index contributed by atoms with van der Waals surface area (Å²) in [6.07, 6.45) is -0.00996. The molecule has 0 amide bonds. The molecule has 1 aromatic rings. The van der Waals surface area contributed by atoms with E-state index in [1.165, 1.54) is 0 Å². The van der Waals surface area contributed by atoms with Gasteiger partial charge in [0.2, 0.25) is 0 Å². The number of nitrogen functional groups attached to an aromatic ring is 1. The maximum absolute atomic E-state index is 12.6. The van der Waals surface area contributed by atoms with Gasteiger partial charge in [0.25, 0.3) is 0 Å². The Morgan fingerprint density at radius 1 is 1.52 bits per heavy atom. The normalized spacial score (nSPS) is 21.4. The highest BCUT2D eigenvalue weighted by Crippen LogP contribution is 2.25. The van der Waals surface area contributed by atoms with E-state index in [4.69, 9.17) is 15.2 Å². The standard InChI is InChI=1S/C15H24N2O3S/c1-11(2)17-6-7-20-13(9-17)10-21(18)15-5-4-12(16)8-14(15)19-3/h4-5,8,11,13H,6-7,9-10,16H2,1-3H3. The first-order chi connectivity index (χ1) is 10.0. The van der Waals surface area contributed by atoms with Crippen LogP contribution in [0.25, 0.3) is 0 Å². The summed E-state index contributed by atoms with van der Waals surface area (Å²) in [7, 11) is 0.402. The molecule has 0 saturated carbocycles. The van der Waals surface area contributed by atoms with Crippen LogP contribution in [-0.2, 0) is 15.5 Å². The molecule has 2 unspecified atom stereocenters. The van der Waals surface area contributed by atoms with Gasteiger partial charge in [0.1, 0.15) is 5.75 Å². The number of morpholine rings is 1. The van der Waals surface area contributed by atoms with E-state index in [1.54, 1.807) is 25.3 Å². The van der Waals surface area contributed by atoms with Gasteiger partial charge in [-0.2, -0.15) is 0 Å². The van der Waals surface area contributed by atoms with Gasteiger partial charge in [-0.1, -0.05) is 0 Å². The van der Waals surface area contributed by atoms with Crippen LogP contribution in [0.5, 0.6) is 5.75 Å². The van der Waals surface area contributed by atoms with Gasteiger partial charge in [-0.25, -0.2) is 0 Å². The SMILES string of the molecule is COc1cc(N)ccc1S(=O)CC1CN(C(C)C)CCO1. The van der Waals surface area contributed by atoms with E-state index < -0.39 is 10.8 Å². The van der Waals surface area contributed by atoms with Crippen LogP contribution in [0, 0.1) is 0 Å². The van der Waals surface area contributed by atoms with Crippen LogP contribution >= 0.6 is 0 Å². The molecule has 0 aliphatic carbocycles. The van der Waals surface area contributed by atoms with Crippen molar-refractivity contribution in [3.8, 4) is 5.75 Å². The fraction of sp³-hybridized carbons (Fsp3) is 0.600. The predicted octanol–water partition coefficient (Wildman–Crippen LogP) is 1.49. The zero-order valence-corrected chi connectivity index (χ0v) is 13.7. The Bertz CT molecular complexity index is 508. The van der Waals surface area contributed by atoms with Gasteiger partial charge in [-0.15, -0.1) is 0 Å². The molecule has 2 N–H and O–H groups in total. The summed E-state index contributed by atoms with van der Waals surface area (Å²) in [6, 6.07) is 5.71. The number of benzene rings is 1. The number of anilines is 1. The third-order valence-corrected chi connectivity index (χ3v) is 5.17. The number of nitrogens with zero attached hydrogens (tertiary/aromatic N) is 1. The Morgan fingerprint density at radius 2 is 2.29 bits per heavy atom. The van der Waals surface area contributed by atoms with E-state index in [1.807, 2.05) is 0 Å². The van der Waals surface area contributed by atoms with Gasteiger partial charge in [0, 0.05) is 30.9 Å². The summed E-state index contributed by atoms with van der Waals surface area (Å²) in [5, 5.41) is 0. The van der Waals surface area contributed by atoms with Crippen molar-refractivity contribution in [3.05, 3.63) is 18.2 Å². The molecule has 2 atom stereocenters. The molecular weight excluding hydrogens is 288 g/mol. The average molecular weight is 312 g/mol. The second-order valence-electron chi connectivity index (χ2n) is 5.50. The third kappa shape index (κ3) is 4.18. The summed E-state index contributed by atoms with van der Waals surface area (Å²) in [5.74, 6) is 1.05. The Hall–Kier alpha value is -1.11. The number of hydrogen-bond acceptors (Lipinski definition) is 5. The molecule has 0 aromatic heterocycles. The largest absolute Gasteiger partial charge is 0.495 e. The molecule has 1 aromatic carbocycles. The van der Waals surface area contributed by atoms with Gasteiger partial charge in [-0.05, 0) is 26.0 Å². The molecule has 1 heterocycles. The smallest absolute Gasteiger partial charge is 0.137 e. The molecular formula is C15H24N2O3S. The highest BCUT2D eigenvalue weighted by Gasteiger charge is 2.25. The zero-order chi connectivity index (χ0) is 15.4. The lowest BCUT2D eigenvalue weighted by Crippen LogP contribution is -2.47. The summed E-state index contributed by atoms with van der Waals surface area (Å²) in [6.45, 7) is 6.79. The molecule has 1 fully saturated rings. The first kappa shape index (κ1) is 16.3. The molecule has 1 aliphatic heterocycles. The number of hydrogen-bond donors (Lipinski definition) is 1. The van der Waals surface area contributed by atoms with Crippen molar-refractivity contribution in [2.45, 2.75) is 30.9 Å². The van der Waals surface area contributed by atoms with E-state index in [-0.39, 0.29) is 6.10 Å². The lowest BCUT2D eigenvalue weighted by atomic mass is 10.2. The van der Waals surface area contributed by atoms with Gasteiger partial charge in [-0.3, -0.25) is 9.11 Å². The van der Waals surface area contributed by atoms with Crippen molar-refractivity contribution in [3.63, 3.8) is 0 Å². The maximum atomic E-state index is 12.6. The number of ether oxygens (including phenoxy) is 2. The van der Waals surface area contributed by atoms with Crippen LogP contribution in [0.15, 0.2) is 23.1 Å². The second-order valence-corrected chi connectivity index (χ2v) is 6.97. The summed E-state index contributed by atoms with van der Waals surface area (Å²) < 4.78 is 23.6. The Balaban J connectivity index is 2.04. The molecule has 2 rings (SSSR count). The molecule has 21 heavy (non-hydrogen) atoms. The van der Waals surface area contributed by atoms with Gasteiger partial charge >= 0.3 is 0 Å².